The average molecular weight is 197 g/mol. The Bertz CT molecular complexity index is 171. The molecule has 0 aromatic heterocycles. The van der Waals surface area contributed by atoms with Crippen molar-refractivity contribution in [2.45, 2.75) is 57.9 Å². The number of Topliss-reactive ketones (excluding diaryl/α,β-unsaturated/α-hetero) is 1. The second kappa shape index (κ2) is 6.18. The molecule has 14 heavy (non-hydrogen) atoms. The maximum absolute atomic E-state index is 10.9. The van der Waals surface area contributed by atoms with E-state index in [2.05, 4.69) is 11.9 Å². The van der Waals surface area contributed by atoms with E-state index in [0.717, 1.165) is 12.6 Å². The van der Waals surface area contributed by atoms with Crippen molar-refractivity contribution in [2.75, 3.05) is 13.6 Å². The van der Waals surface area contributed by atoms with Crippen LogP contribution in [0, 0.1) is 0 Å². The summed E-state index contributed by atoms with van der Waals surface area (Å²) in [6.45, 7) is 2.63. The van der Waals surface area contributed by atoms with Crippen LogP contribution in [-0.4, -0.2) is 30.3 Å². The number of ketones is 1. The summed E-state index contributed by atoms with van der Waals surface area (Å²) in [6, 6.07) is 0.733. The van der Waals surface area contributed by atoms with Crippen LogP contribution in [0.1, 0.15) is 51.9 Å². The molecule has 0 spiro atoms. The third-order valence-electron chi connectivity index (χ3n) is 3.26. The van der Waals surface area contributed by atoms with Gasteiger partial charge >= 0.3 is 0 Å². The van der Waals surface area contributed by atoms with Crippen molar-refractivity contribution in [2.24, 2.45) is 0 Å². The minimum Gasteiger partial charge on any atom is -0.303 e. The Morgan fingerprint density at radius 1 is 1.21 bits per heavy atom. The zero-order valence-electron chi connectivity index (χ0n) is 9.59. The van der Waals surface area contributed by atoms with E-state index in [0.29, 0.717) is 12.2 Å². The van der Waals surface area contributed by atoms with Gasteiger partial charge in [-0.15, -0.1) is 0 Å². The lowest BCUT2D eigenvalue weighted by molar-refractivity contribution is -0.117. The lowest BCUT2D eigenvalue weighted by atomic mass is 10.1. The molecule has 1 saturated carbocycles. The normalized spacial score (nSPS) is 19.6. The van der Waals surface area contributed by atoms with Gasteiger partial charge in [0.1, 0.15) is 5.78 Å². The van der Waals surface area contributed by atoms with Crippen LogP contribution in [0.5, 0.6) is 0 Å². The molecule has 0 aromatic carbocycles. The monoisotopic (exact) mass is 197 g/mol. The second-order valence-corrected chi connectivity index (χ2v) is 4.58. The number of carbonyl (C=O) groups excluding carboxylic acids is 1. The third kappa shape index (κ3) is 4.23. The highest BCUT2D eigenvalue weighted by molar-refractivity contribution is 5.75. The number of hydrogen-bond donors (Lipinski definition) is 0. The van der Waals surface area contributed by atoms with E-state index >= 15 is 0 Å². The molecule has 0 atom stereocenters. The second-order valence-electron chi connectivity index (χ2n) is 4.58. The number of rotatable bonds is 4. The highest BCUT2D eigenvalue weighted by atomic mass is 16.1. The average Bonchev–Trinajstić information content (AvgIpc) is 2.42. The smallest absolute Gasteiger partial charge is 0.131 e. The van der Waals surface area contributed by atoms with Gasteiger partial charge in [0.2, 0.25) is 0 Å². The largest absolute Gasteiger partial charge is 0.303 e. The van der Waals surface area contributed by atoms with Gasteiger partial charge in [0, 0.05) is 19.0 Å². The summed E-state index contributed by atoms with van der Waals surface area (Å²) in [4.78, 5) is 13.3. The van der Waals surface area contributed by atoms with Gasteiger partial charge < -0.3 is 4.90 Å². The maximum atomic E-state index is 10.9. The first-order chi connectivity index (χ1) is 6.70. The van der Waals surface area contributed by atoms with Gasteiger partial charge in [-0.2, -0.15) is 0 Å². The molecular weight excluding hydrogens is 174 g/mol. The van der Waals surface area contributed by atoms with Crippen molar-refractivity contribution >= 4 is 5.78 Å². The first-order valence-corrected chi connectivity index (χ1v) is 5.90. The molecule has 0 amide bonds. The molecule has 0 bridgehead atoms. The molecule has 1 fully saturated rings. The Morgan fingerprint density at radius 3 is 2.29 bits per heavy atom. The van der Waals surface area contributed by atoms with Crippen LogP contribution in [0.25, 0.3) is 0 Å². The lowest BCUT2D eigenvalue weighted by Crippen LogP contribution is -2.32. The van der Waals surface area contributed by atoms with Crippen molar-refractivity contribution in [3.05, 3.63) is 0 Å². The zero-order valence-corrected chi connectivity index (χ0v) is 9.59. The van der Waals surface area contributed by atoms with E-state index in [9.17, 15) is 4.79 Å². The molecule has 0 heterocycles. The molecule has 0 aliphatic heterocycles. The van der Waals surface area contributed by atoms with Crippen molar-refractivity contribution < 1.29 is 4.79 Å². The molecule has 0 radical (unpaired) electrons. The van der Waals surface area contributed by atoms with Crippen molar-refractivity contribution in [3.8, 4) is 0 Å². The lowest BCUT2D eigenvalue weighted by Gasteiger charge is -2.26. The minimum atomic E-state index is 0.311. The van der Waals surface area contributed by atoms with Crippen LogP contribution >= 0.6 is 0 Å². The first kappa shape index (κ1) is 11.7. The summed E-state index contributed by atoms with van der Waals surface area (Å²) >= 11 is 0. The summed E-state index contributed by atoms with van der Waals surface area (Å²) in [5.74, 6) is 0.311. The Morgan fingerprint density at radius 2 is 1.79 bits per heavy atom. The fourth-order valence-electron chi connectivity index (χ4n) is 2.21. The summed E-state index contributed by atoms with van der Waals surface area (Å²) in [6.07, 6.45) is 8.91. The first-order valence-electron chi connectivity index (χ1n) is 5.90. The van der Waals surface area contributed by atoms with Crippen LogP contribution in [0.15, 0.2) is 0 Å². The Balaban J connectivity index is 2.26. The number of carbonyl (C=O) groups is 1. The molecule has 0 aromatic rings. The predicted octanol–water partition coefficient (Wildman–Crippen LogP) is 2.62. The summed E-state index contributed by atoms with van der Waals surface area (Å²) in [5.41, 5.74) is 0. The summed E-state index contributed by atoms with van der Waals surface area (Å²) in [5, 5.41) is 0. The van der Waals surface area contributed by atoms with Crippen molar-refractivity contribution in [1.82, 2.24) is 4.90 Å². The zero-order chi connectivity index (χ0) is 10.4. The summed E-state index contributed by atoms with van der Waals surface area (Å²) < 4.78 is 0. The fraction of sp³-hybridized carbons (Fsp3) is 0.917. The predicted molar refractivity (Wildman–Crippen MR) is 59.4 cm³/mol. The molecule has 82 valence electrons. The quantitative estimate of drug-likeness (QED) is 0.646. The van der Waals surface area contributed by atoms with Gasteiger partial charge in [0.15, 0.2) is 0 Å². The minimum absolute atomic E-state index is 0.311. The topological polar surface area (TPSA) is 20.3 Å². The Kier molecular flexibility index (Phi) is 5.16. The molecule has 1 rings (SSSR count). The molecule has 1 aliphatic rings. The van der Waals surface area contributed by atoms with Gasteiger partial charge in [0.05, 0.1) is 0 Å². The van der Waals surface area contributed by atoms with Crippen LogP contribution in [0.4, 0.5) is 0 Å². The van der Waals surface area contributed by atoms with Crippen molar-refractivity contribution in [3.63, 3.8) is 0 Å². The van der Waals surface area contributed by atoms with Crippen LogP contribution in [-0.2, 0) is 4.79 Å². The highest BCUT2D eigenvalue weighted by Crippen LogP contribution is 2.20. The SMILES string of the molecule is CC(=O)CCN(C)C1CCCCCC1. The van der Waals surface area contributed by atoms with Crippen LogP contribution in [0.3, 0.4) is 0 Å². The van der Waals surface area contributed by atoms with Gasteiger partial charge in [-0.05, 0) is 26.8 Å². The standard InChI is InChI=1S/C12H23NO/c1-11(14)9-10-13(2)12-7-5-3-4-6-8-12/h12H,3-10H2,1-2H3. The highest BCUT2D eigenvalue weighted by Gasteiger charge is 2.16. The molecule has 2 nitrogen and oxygen atoms in total. The van der Waals surface area contributed by atoms with Gasteiger partial charge in [-0.25, -0.2) is 0 Å². The molecule has 1 aliphatic carbocycles. The van der Waals surface area contributed by atoms with Crippen molar-refractivity contribution in [1.29, 1.82) is 0 Å². The maximum Gasteiger partial charge on any atom is 0.131 e. The Hall–Kier alpha value is -0.370. The summed E-state index contributed by atoms with van der Waals surface area (Å²) in [7, 11) is 2.17. The molecule has 2 heteroatoms. The van der Waals surface area contributed by atoms with E-state index in [1.807, 2.05) is 0 Å². The Labute approximate surface area is 87.7 Å². The third-order valence-corrected chi connectivity index (χ3v) is 3.26. The van der Waals surface area contributed by atoms with E-state index in [-0.39, 0.29) is 0 Å². The van der Waals surface area contributed by atoms with E-state index < -0.39 is 0 Å². The molecule has 0 saturated heterocycles. The molecular formula is C12H23NO. The van der Waals surface area contributed by atoms with Gasteiger partial charge in [-0.1, -0.05) is 25.7 Å². The van der Waals surface area contributed by atoms with Gasteiger partial charge in [0.25, 0.3) is 0 Å². The molecule has 0 unspecified atom stereocenters. The number of hydrogen-bond acceptors (Lipinski definition) is 2. The van der Waals surface area contributed by atoms with E-state index in [1.165, 1.54) is 38.5 Å². The molecule has 0 N–H and O–H groups in total. The van der Waals surface area contributed by atoms with Gasteiger partial charge in [-0.3, -0.25) is 4.79 Å². The van der Waals surface area contributed by atoms with Crippen LogP contribution < -0.4 is 0 Å². The van der Waals surface area contributed by atoms with E-state index in [4.69, 9.17) is 0 Å². The van der Waals surface area contributed by atoms with E-state index in [1.54, 1.807) is 6.92 Å². The number of nitrogens with zero attached hydrogens (tertiary/aromatic N) is 1. The van der Waals surface area contributed by atoms with Crippen LogP contribution in [0.2, 0.25) is 0 Å². The fourth-order valence-corrected chi connectivity index (χ4v) is 2.21.